The summed E-state index contributed by atoms with van der Waals surface area (Å²) < 4.78 is 0. The van der Waals surface area contributed by atoms with Crippen LogP contribution >= 0.6 is 23.2 Å². The molecule has 0 aliphatic carbocycles. The van der Waals surface area contributed by atoms with Gasteiger partial charge in [-0.3, -0.25) is 14.5 Å². The highest BCUT2D eigenvalue weighted by Crippen LogP contribution is 2.24. The Bertz CT molecular complexity index is 466. The minimum atomic E-state index is -0.486. The third-order valence-corrected chi connectivity index (χ3v) is 2.78. The number of primary amides is 1. The minimum absolute atomic E-state index is 0.0226. The van der Waals surface area contributed by atoms with Gasteiger partial charge in [0.2, 0.25) is 11.8 Å². The second kappa shape index (κ2) is 6.58. The zero-order valence-electron chi connectivity index (χ0n) is 9.74. The fourth-order valence-electron chi connectivity index (χ4n) is 1.34. The molecular formula is C11H13Cl2N3O2. The van der Waals surface area contributed by atoms with Gasteiger partial charge in [0.05, 0.1) is 23.1 Å². The number of hydrogen-bond acceptors (Lipinski definition) is 3. The standard InChI is InChI=1S/C11H13Cl2N3O2/c1-16(5-10(14)17)6-11(18)15-7-2-3-8(12)9(13)4-7/h2-4H,5-6H2,1H3,(H2,14,17)(H,15,18). The lowest BCUT2D eigenvalue weighted by atomic mass is 10.3. The van der Waals surface area contributed by atoms with Gasteiger partial charge in [-0.05, 0) is 25.2 Å². The van der Waals surface area contributed by atoms with Gasteiger partial charge in [0.1, 0.15) is 0 Å². The van der Waals surface area contributed by atoms with Crippen LogP contribution in [0.4, 0.5) is 5.69 Å². The average molecular weight is 290 g/mol. The highest BCUT2D eigenvalue weighted by atomic mass is 35.5. The third kappa shape index (κ3) is 4.91. The molecule has 0 atom stereocenters. The van der Waals surface area contributed by atoms with Crippen LogP contribution in [0.5, 0.6) is 0 Å². The van der Waals surface area contributed by atoms with Crippen molar-refractivity contribution in [2.24, 2.45) is 5.73 Å². The van der Waals surface area contributed by atoms with E-state index in [1.807, 2.05) is 0 Å². The van der Waals surface area contributed by atoms with Crippen LogP contribution in [0.1, 0.15) is 0 Å². The number of benzene rings is 1. The molecule has 0 aliphatic rings. The zero-order valence-corrected chi connectivity index (χ0v) is 11.3. The molecule has 0 aromatic heterocycles. The maximum absolute atomic E-state index is 11.6. The largest absolute Gasteiger partial charge is 0.369 e. The van der Waals surface area contributed by atoms with Crippen LogP contribution in [-0.2, 0) is 9.59 Å². The lowest BCUT2D eigenvalue weighted by Gasteiger charge is -2.14. The van der Waals surface area contributed by atoms with Gasteiger partial charge in [-0.25, -0.2) is 0 Å². The maximum Gasteiger partial charge on any atom is 0.238 e. The molecule has 1 aromatic rings. The number of nitrogens with zero attached hydrogens (tertiary/aromatic N) is 1. The lowest BCUT2D eigenvalue weighted by Crippen LogP contribution is -2.36. The van der Waals surface area contributed by atoms with Gasteiger partial charge < -0.3 is 11.1 Å². The second-order valence-corrected chi connectivity index (χ2v) is 4.63. The molecule has 1 rings (SSSR count). The molecule has 0 saturated carbocycles. The average Bonchev–Trinajstić information content (AvgIpc) is 2.21. The van der Waals surface area contributed by atoms with E-state index in [2.05, 4.69) is 5.32 Å². The fourth-order valence-corrected chi connectivity index (χ4v) is 1.64. The first kappa shape index (κ1) is 14.8. The van der Waals surface area contributed by atoms with Crippen LogP contribution in [0.25, 0.3) is 0 Å². The van der Waals surface area contributed by atoms with Crippen LogP contribution in [0.3, 0.4) is 0 Å². The summed E-state index contributed by atoms with van der Waals surface area (Å²) in [5.74, 6) is -0.753. The molecule has 0 aliphatic heterocycles. The maximum atomic E-state index is 11.6. The van der Waals surface area contributed by atoms with Gasteiger partial charge in [0, 0.05) is 5.69 Å². The molecule has 0 fully saturated rings. The lowest BCUT2D eigenvalue weighted by molar-refractivity contribution is -0.120. The van der Waals surface area contributed by atoms with E-state index in [9.17, 15) is 9.59 Å². The molecule has 0 bridgehead atoms. The normalized spacial score (nSPS) is 10.4. The molecule has 3 N–H and O–H groups in total. The number of likely N-dealkylation sites (N-methyl/N-ethyl adjacent to an activating group) is 1. The zero-order chi connectivity index (χ0) is 13.7. The number of nitrogens with one attached hydrogen (secondary N) is 1. The molecule has 2 amide bonds. The van der Waals surface area contributed by atoms with E-state index in [4.69, 9.17) is 28.9 Å². The molecule has 0 saturated heterocycles. The Kier molecular flexibility index (Phi) is 5.40. The first-order valence-corrected chi connectivity index (χ1v) is 5.86. The monoisotopic (exact) mass is 289 g/mol. The number of nitrogens with two attached hydrogens (primary N) is 1. The molecular weight excluding hydrogens is 277 g/mol. The number of halogens is 2. The summed E-state index contributed by atoms with van der Waals surface area (Å²) in [6.07, 6.45) is 0. The number of amides is 2. The molecule has 0 spiro atoms. The van der Waals surface area contributed by atoms with Crippen molar-refractivity contribution in [2.75, 3.05) is 25.5 Å². The fraction of sp³-hybridized carbons (Fsp3) is 0.273. The van der Waals surface area contributed by atoms with E-state index in [1.54, 1.807) is 25.2 Å². The molecule has 0 heterocycles. The van der Waals surface area contributed by atoms with Gasteiger partial charge in [0.15, 0.2) is 0 Å². The van der Waals surface area contributed by atoms with Crippen molar-refractivity contribution in [1.29, 1.82) is 0 Å². The summed E-state index contributed by atoms with van der Waals surface area (Å²) in [7, 11) is 1.62. The van der Waals surface area contributed by atoms with Gasteiger partial charge in [-0.1, -0.05) is 23.2 Å². The highest BCUT2D eigenvalue weighted by Gasteiger charge is 2.09. The van der Waals surface area contributed by atoms with Gasteiger partial charge in [0.25, 0.3) is 0 Å². The summed E-state index contributed by atoms with van der Waals surface area (Å²) in [5, 5.41) is 3.42. The molecule has 5 nitrogen and oxygen atoms in total. The Morgan fingerprint density at radius 1 is 1.28 bits per heavy atom. The topological polar surface area (TPSA) is 75.4 Å². The number of carbonyl (C=O) groups is 2. The van der Waals surface area contributed by atoms with Crippen LogP contribution in [0, 0.1) is 0 Å². The van der Waals surface area contributed by atoms with Gasteiger partial charge in [-0.2, -0.15) is 0 Å². The Hall–Kier alpha value is -1.30. The Morgan fingerprint density at radius 3 is 2.50 bits per heavy atom. The Balaban J connectivity index is 2.54. The first-order chi connectivity index (χ1) is 8.38. The molecule has 1 aromatic carbocycles. The minimum Gasteiger partial charge on any atom is -0.369 e. The van der Waals surface area contributed by atoms with Gasteiger partial charge in [-0.15, -0.1) is 0 Å². The van der Waals surface area contributed by atoms with Crippen molar-refractivity contribution in [3.8, 4) is 0 Å². The van der Waals surface area contributed by atoms with Crippen molar-refractivity contribution in [2.45, 2.75) is 0 Å². The van der Waals surface area contributed by atoms with E-state index < -0.39 is 5.91 Å². The van der Waals surface area contributed by atoms with Crippen molar-refractivity contribution >= 4 is 40.7 Å². The highest BCUT2D eigenvalue weighted by molar-refractivity contribution is 6.42. The van der Waals surface area contributed by atoms with E-state index in [0.29, 0.717) is 15.7 Å². The van der Waals surface area contributed by atoms with Gasteiger partial charge >= 0.3 is 0 Å². The quantitative estimate of drug-likeness (QED) is 0.859. The Morgan fingerprint density at radius 2 is 1.94 bits per heavy atom. The van der Waals surface area contributed by atoms with E-state index in [1.165, 1.54) is 4.90 Å². The van der Waals surface area contributed by atoms with Crippen LogP contribution in [0.2, 0.25) is 10.0 Å². The third-order valence-electron chi connectivity index (χ3n) is 2.04. The van der Waals surface area contributed by atoms with E-state index in [0.717, 1.165) is 0 Å². The number of rotatable bonds is 5. The summed E-state index contributed by atoms with van der Waals surface area (Å²) in [5.41, 5.74) is 5.56. The van der Waals surface area contributed by atoms with Crippen LogP contribution in [0.15, 0.2) is 18.2 Å². The van der Waals surface area contributed by atoms with Crippen LogP contribution in [-0.4, -0.2) is 36.9 Å². The van der Waals surface area contributed by atoms with E-state index in [-0.39, 0.29) is 19.0 Å². The molecule has 18 heavy (non-hydrogen) atoms. The van der Waals surface area contributed by atoms with Crippen LogP contribution < -0.4 is 11.1 Å². The summed E-state index contributed by atoms with van der Waals surface area (Å²) in [4.78, 5) is 23.8. The van der Waals surface area contributed by atoms with E-state index >= 15 is 0 Å². The summed E-state index contributed by atoms with van der Waals surface area (Å²) in [6.45, 7) is 0.0813. The first-order valence-electron chi connectivity index (χ1n) is 5.10. The molecule has 98 valence electrons. The van der Waals surface area contributed by atoms with Crippen molar-refractivity contribution in [1.82, 2.24) is 4.90 Å². The molecule has 0 unspecified atom stereocenters. The predicted octanol–water partition coefficient (Wildman–Crippen LogP) is 1.35. The number of anilines is 1. The smallest absolute Gasteiger partial charge is 0.238 e. The van der Waals surface area contributed by atoms with Crippen molar-refractivity contribution in [3.63, 3.8) is 0 Å². The molecule has 0 radical (unpaired) electrons. The SMILES string of the molecule is CN(CC(N)=O)CC(=O)Nc1ccc(Cl)c(Cl)c1. The summed E-state index contributed by atoms with van der Waals surface area (Å²) >= 11 is 11.6. The Labute approximate surface area is 115 Å². The number of carbonyl (C=O) groups excluding carboxylic acids is 2. The molecule has 7 heteroatoms. The predicted molar refractivity (Wildman–Crippen MR) is 71.8 cm³/mol. The van der Waals surface area contributed by atoms with Crippen molar-refractivity contribution in [3.05, 3.63) is 28.2 Å². The summed E-state index contributed by atoms with van der Waals surface area (Å²) in [6, 6.07) is 4.78. The number of hydrogen-bond donors (Lipinski definition) is 2. The van der Waals surface area contributed by atoms with Crippen molar-refractivity contribution < 1.29 is 9.59 Å². The second-order valence-electron chi connectivity index (χ2n) is 3.82.